The van der Waals surface area contributed by atoms with Gasteiger partial charge in [0.15, 0.2) is 0 Å². The zero-order chi connectivity index (χ0) is 14.5. The molecule has 4 nitrogen and oxygen atoms in total. The minimum absolute atomic E-state index is 0.289. The summed E-state index contributed by atoms with van der Waals surface area (Å²) in [6, 6.07) is 18.0. The summed E-state index contributed by atoms with van der Waals surface area (Å²) in [5.74, 6) is 0. The first-order chi connectivity index (χ1) is 10.3. The number of hydrazine groups is 1. The first kappa shape index (κ1) is 13.6. The lowest BCUT2D eigenvalue weighted by Crippen LogP contribution is -2.45. The number of rotatable bonds is 3. The van der Waals surface area contributed by atoms with Gasteiger partial charge in [0.2, 0.25) is 0 Å². The molecule has 108 valence electrons. The molecule has 1 heterocycles. The molecule has 1 amide bonds. The molecule has 2 aromatic rings. The topological polar surface area (TPSA) is 41.6 Å². The molecular weight excluding hydrogens is 264 g/mol. The number of benzene rings is 2. The number of hydrogen-bond acceptors (Lipinski definition) is 3. The van der Waals surface area contributed by atoms with E-state index in [0.29, 0.717) is 0 Å². The van der Waals surface area contributed by atoms with Crippen LogP contribution >= 0.6 is 0 Å². The highest BCUT2D eigenvalue weighted by Gasteiger charge is 2.17. The average molecular weight is 282 g/mol. The Morgan fingerprint density at radius 3 is 2.57 bits per heavy atom. The fraction of sp³-hybridized carbons (Fsp3) is 0.235. The van der Waals surface area contributed by atoms with Crippen LogP contribution in [-0.2, 0) is 24.3 Å². The SMILES string of the molecule is O=C(NN1CCc2ccccc2C1)OCc1ccccc1. The van der Waals surface area contributed by atoms with E-state index in [1.807, 2.05) is 41.4 Å². The predicted molar refractivity (Wildman–Crippen MR) is 80.3 cm³/mol. The van der Waals surface area contributed by atoms with Crippen LogP contribution in [0.4, 0.5) is 4.79 Å². The van der Waals surface area contributed by atoms with E-state index in [2.05, 4.69) is 23.6 Å². The second-order valence-corrected chi connectivity index (χ2v) is 5.11. The van der Waals surface area contributed by atoms with Crippen LogP contribution in [0.1, 0.15) is 16.7 Å². The van der Waals surface area contributed by atoms with E-state index in [1.54, 1.807) is 0 Å². The molecule has 21 heavy (non-hydrogen) atoms. The van der Waals surface area contributed by atoms with Crippen LogP contribution in [0.3, 0.4) is 0 Å². The Hall–Kier alpha value is -2.33. The van der Waals surface area contributed by atoms with Gasteiger partial charge in [-0.25, -0.2) is 9.80 Å². The summed E-state index contributed by atoms with van der Waals surface area (Å²) >= 11 is 0. The molecule has 0 bridgehead atoms. The number of hydrogen-bond donors (Lipinski definition) is 1. The van der Waals surface area contributed by atoms with Crippen molar-refractivity contribution in [3.8, 4) is 0 Å². The normalized spacial score (nSPS) is 14.3. The second kappa shape index (κ2) is 6.41. The van der Waals surface area contributed by atoms with E-state index in [1.165, 1.54) is 11.1 Å². The molecule has 0 fully saturated rings. The molecule has 0 atom stereocenters. The third-order valence-electron chi connectivity index (χ3n) is 3.59. The molecule has 2 aromatic carbocycles. The molecule has 0 saturated heterocycles. The van der Waals surface area contributed by atoms with Crippen LogP contribution in [0.15, 0.2) is 54.6 Å². The minimum Gasteiger partial charge on any atom is -0.444 e. The van der Waals surface area contributed by atoms with Crippen LogP contribution in [-0.4, -0.2) is 17.6 Å². The third kappa shape index (κ3) is 3.61. The summed E-state index contributed by atoms with van der Waals surface area (Å²) in [4.78, 5) is 11.8. The average Bonchev–Trinajstić information content (AvgIpc) is 2.54. The number of carbonyl (C=O) groups excluding carboxylic acids is 1. The van der Waals surface area contributed by atoms with Gasteiger partial charge in [0.05, 0.1) is 0 Å². The molecule has 0 unspecified atom stereocenters. The van der Waals surface area contributed by atoms with Crippen LogP contribution in [0, 0.1) is 0 Å². The van der Waals surface area contributed by atoms with Gasteiger partial charge in [-0.05, 0) is 23.1 Å². The van der Waals surface area contributed by atoms with Gasteiger partial charge < -0.3 is 4.74 Å². The van der Waals surface area contributed by atoms with Crippen molar-refractivity contribution in [3.05, 3.63) is 71.3 Å². The van der Waals surface area contributed by atoms with Gasteiger partial charge >= 0.3 is 6.09 Å². The van der Waals surface area contributed by atoms with Crippen LogP contribution in [0.25, 0.3) is 0 Å². The second-order valence-electron chi connectivity index (χ2n) is 5.11. The van der Waals surface area contributed by atoms with E-state index in [4.69, 9.17) is 4.74 Å². The number of nitrogens with zero attached hydrogens (tertiary/aromatic N) is 1. The lowest BCUT2D eigenvalue weighted by atomic mass is 10.0. The van der Waals surface area contributed by atoms with Crippen molar-refractivity contribution in [2.75, 3.05) is 6.54 Å². The first-order valence-corrected chi connectivity index (χ1v) is 7.10. The number of nitrogens with one attached hydrogen (secondary N) is 1. The molecule has 0 spiro atoms. The third-order valence-corrected chi connectivity index (χ3v) is 3.59. The fourth-order valence-corrected chi connectivity index (χ4v) is 2.48. The molecule has 0 aliphatic carbocycles. The maximum atomic E-state index is 11.8. The Labute approximate surface area is 124 Å². The molecule has 0 saturated carbocycles. The Morgan fingerprint density at radius 1 is 1.05 bits per heavy atom. The lowest BCUT2D eigenvalue weighted by Gasteiger charge is -2.28. The van der Waals surface area contributed by atoms with Gasteiger partial charge in [-0.15, -0.1) is 0 Å². The van der Waals surface area contributed by atoms with Gasteiger partial charge in [0, 0.05) is 13.1 Å². The van der Waals surface area contributed by atoms with Crippen molar-refractivity contribution in [2.45, 2.75) is 19.6 Å². The standard InChI is InChI=1S/C17H18N2O2/c20-17(21-13-14-6-2-1-3-7-14)18-19-11-10-15-8-4-5-9-16(15)12-19/h1-9H,10-13H2,(H,18,20). The summed E-state index contributed by atoms with van der Waals surface area (Å²) in [5.41, 5.74) is 6.40. The molecule has 0 aromatic heterocycles. The van der Waals surface area contributed by atoms with Crippen LogP contribution in [0.5, 0.6) is 0 Å². The van der Waals surface area contributed by atoms with Crippen molar-refractivity contribution < 1.29 is 9.53 Å². The van der Waals surface area contributed by atoms with Crippen molar-refractivity contribution >= 4 is 6.09 Å². The van der Waals surface area contributed by atoms with Crippen molar-refractivity contribution in [1.82, 2.24) is 10.4 Å². The molecule has 3 rings (SSSR count). The summed E-state index contributed by atoms with van der Waals surface area (Å²) < 4.78 is 5.23. The van der Waals surface area contributed by atoms with Gasteiger partial charge in [0.25, 0.3) is 0 Å². The Bertz CT molecular complexity index is 613. The molecule has 1 N–H and O–H groups in total. The highest BCUT2D eigenvalue weighted by Crippen LogP contribution is 2.16. The maximum absolute atomic E-state index is 11.8. The zero-order valence-electron chi connectivity index (χ0n) is 11.8. The fourth-order valence-electron chi connectivity index (χ4n) is 2.48. The predicted octanol–water partition coefficient (Wildman–Crippen LogP) is 2.89. The molecule has 4 heteroatoms. The summed E-state index contributed by atoms with van der Waals surface area (Å²) in [5, 5.41) is 1.90. The Kier molecular flexibility index (Phi) is 4.17. The van der Waals surface area contributed by atoms with Gasteiger partial charge in [0.1, 0.15) is 6.61 Å². The van der Waals surface area contributed by atoms with E-state index < -0.39 is 6.09 Å². The Morgan fingerprint density at radius 2 is 1.76 bits per heavy atom. The minimum atomic E-state index is -0.404. The molecule has 1 aliphatic rings. The number of ether oxygens (including phenoxy) is 1. The monoisotopic (exact) mass is 282 g/mol. The van der Waals surface area contributed by atoms with Crippen molar-refractivity contribution in [2.24, 2.45) is 0 Å². The van der Waals surface area contributed by atoms with Gasteiger partial charge in [-0.2, -0.15) is 0 Å². The number of fused-ring (bicyclic) bond motifs is 1. The van der Waals surface area contributed by atoms with Crippen LogP contribution in [0.2, 0.25) is 0 Å². The summed E-state index contributed by atoms with van der Waals surface area (Å²) in [6.07, 6.45) is 0.535. The largest absolute Gasteiger partial charge is 0.444 e. The molecule has 0 radical (unpaired) electrons. The number of carbonyl (C=O) groups is 1. The van der Waals surface area contributed by atoms with E-state index in [0.717, 1.165) is 25.1 Å². The van der Waals surface area contributed by atoms with E-state index in [9.17, 15) is 4.79 Å². The lowest BCUT2D eigenvalue weighted by molar-refractivity contribution is 0.0941. The highest BCUT2D eigenvalue weighted by molar-refractivity contribution is 5.66. The number of amides is 1. The van der Waals surface area contributed by atoms with E-state index >= 15 is 0 Å². The maximum Gasteiger partial charge on any atom is 0.422 e. The smallest absolute Gasteiger partial charge is 0.422 e. The first-order valence-electron chi connectivity index (χ1n) is 7.10. The summed E-state index contributed by atoms with van der Waals surface area (Å²) in [6.45, 7) is 1.81. The molecule has 1 aliphatic heterocycles. The quantitative estimate of drug-likeness (QED) is 0.941. The van der Waals surface area contributed by atoms with Crippen LogP contribution < -0.4 is 5.43 Å². The van der Waals surface area contributed by atoms with Crippen molar-refractivity contribution in [3.63, 3.8) is 0 Å². The molecular formula is C17H18N2O2. The van der Waals surface area contributed by atoms with Gasteiger partial charge in [-0.1, -0.05) is 54.6 Å². The van der Waals surface area contributed by atoms with Crippen molar-refractivity contribution in [1.29, 1.82) is 0 Å². The van der Waals surface area contributed by atoms with E-state index in [-0.39, 0.29) is 6.61 Å². The van der Waals surface area contributed by atoms with Gasteiger partial charge in [-0.3, -0.25) is 5.43 Å². The zero-order valence-corrected chi connectivity index (χ0v) is 11.8. The Balaban J connectivity index is 1.50. The summed E-state index contributed by atoms with van der Waals surface area (Å²) in [7, 11) is 0. The highest BCUT2D eigenvalue weighted by atomic mass is 16.6.